The molecule has 0 aromatic heterocycles. The second-order valence-electron chi connectivity index (χ2n) is 4.26. The van der Waals surface area contributed by atoms with Crippen LogP contribution >= 0.6 is 11.6 Å². The van der Waals surface area contributed by atoms with Crippen LogP contribution in [0.4, 0.5) is 5.69 Å². The number of nitrogen functional groups attached to an aromatic ring is 1. The van der Waals surface area contributed by atoms with Crippen LogP contribution in [0.3, 0.4) is 0 Å². The number of ether oxygens (including phenoxy) is 1. The molecule has 2 aromatic rings. The molecule has 106 valence electrons. The maximum atomic E-state index is 11.3. The van der Waals surface area contributed by atoms with Gasteiger partial charge in [0, 0.05) is 11.1 Å². The Morgan fingerprint density at radius 3 is 2.40 bits per heavy atom. The molecule has 2 aromatic carbocycles. The molecule has 0 saturated heterocycles. The van der Waals surface area contributed by atoms with E-state index in [9.17, 15) is 8.42 Å². The number of sulfonamides is 1. The first-order chi connectivity index (χ1) is 9.27. The Morgan fingerprint density at radius 2 is 1.80 bits per heavy atom. The van der Waals surface area contributed by atoms with Crippen molar-refractivity contribution in [3.63, 3.8) is 0 Å². The molecule has 0 unspecified atom stereocenters. The molecule has 0 fully saturated rings. The van der Waals surface area contributed by atoms with E-state index in [1.807, 2.05) is 6.92 Å². The topological polar surface area (TPSA) is 95.4 Å². The van der Waals surface area contributed by atoms with Crippen molar-refractivity contribution in [1.29, 1.82) is 0 Å². The molecule has 5 nitrogen and oxygen atoms in total. The van der Waals surface area contributed by atoms with Crippen molar-refractivity contribution in [1.82, 2.24) is 0 Å². The van der Waals surface area contributed by atoms with Gasteiger partial charge in [-0.15, -0.1) is 0 Å². The van der Waals surface area contributed by atoms with E-state index in [0.717, 1.165) is 5.56 Å². The molecule has 0 spiro atoms. The lowest BCUT2D eigenvalue weighted by atomic mass is 10.2. The van der Waals surface area contributed by atoms with Gasteiger partial charge in [-0.25, -0.2) is 13.6 Å². The van der Waals surface area contributed by atoms with E-state index in [-0.39, 0.29) is 10.6 Å². The van der Waals surface area contributed by atoms with Crippen molar-refractivity contribution in [3.8, 4) is 11.5 Å². The fourth-order valence-electron chi connectivity index (χ4n) is 1.63. The average molecular weight is 313 g/mol. The number of anilines is 1. The van der Waals surface area contributed by atoms with Crippen LogP contribution in [0, 0.1) is 6.92 Å². The highest BCUT2D eigenvalue weighted by atomic mass is 35.5. The molecule has 0 atom stereocenters. The lowest BCUT2D eigenvalue weighted by molar-refractivity contribution is 0.479. The first kappa shape index (κ1) is 14.6. The predicted molar refractivity (Wildman–Crippen MR) is 78.5 cm³/mol. The molecule has 0 heterocycles. The van der Waals surface area contributed by atoms with Crippen LogP contribution in [0.2, 0.25) is 5.02 Å². The molecule has 4 N–H and O–H groups in total. The number of hydrogen-bond acceptors (Lipinski definition) is 4. The van der Waals surface area contributed by atoms with E-state index in [1.165, 1.54) is 18.2 Å². The number of aryl methyl sites for hydroxylation is 1. The Labute approximate surface area is 122 Å². The number of nitrogens with two attached hydrogens (primary N) is 2. The summed E-state index contributed by atoms with van der Waals surface area (Å²) in [5.41, 5.74) is 6.89. The summed E-state index contributed by atoms with van der Waals surface area (Å²) in [4.78, 5) is -0.0617. The van der Waals surface area contributed by atoms with Gasteiger partial charge in [0.1, 0.15) is 5.75 Å². The third-order valence-corrected chi connectivity index (χ3v) is 3.82. The van der Waals surface area contributed by atoms with Gasteiger partial charge in [0.2, 0.25) is 10.0 Å². The predicted octanol–water partition coefficient (Wildman–Crippen LogP) is 2.67. The monoisotopic (exact) mass is 312 g/mol. The Bertz CT molecular complexity index is 760. The highest BCUT2D eigenvalue weighted by Crippen LogP contribution is 2.32. The summed E-state index contributed by atoms with van der Waals surface area (Å²) < 4.78 is 28.3. The van der Waals surface area contributed by atoms with Crippen LogP contribution in [0.15, 0.2) is 41.3 Å². The number of benzene rings is 2. The summed E-state index contributed by atoms with van der Waals surface area (Å²) >= 11 is 5.86. The Balaban J connectivity index is 2.43. The number of rotatable bonds is 3. The van der Waals surface area contributed by atoms with E-state index in [1.54, 1.807) is 18.2 Å². The Hall–Kier alpha value is -1.76. The minimum Gasteiger partial charge on any atom is -0.455 e. The molecule has 0 saturated carbocycles. The maximum absolute atomic E-state index is 11.3. The second-order valence-corrected chi connectivity index (χ2v) is 6.25. The zero-order valence-corrected chi connectivity index (χ0v) is 12.2. The van der Waals surface area contributed by atoms with Crippen molar-refractivity contribution < 1.29 is 13.2 Å². The van der Waals surface area contributed by atoms with Crippen LogP contribution in [0.1, 0.15) is 5.56 Å². The van der Waals surface area contributed by atoms with E-state index in [4.69, 9.17) is 27.2 Å². The van der Waals surface area contributed by atoms with Crippen molar-refractivity contribution in [2.75, 3.05) is 5.73 Å². The smallest absolute Gasteiger partial charge is 0.238 e. The third-order valence-electron chi connectivity index (χ3n) is 2.67. The molecule has 0 aliphatic rings. The van der Waals surface area contributed by atoms with E-state index in [2.05, 4.69) is 0 Å². The largest absolute Gasteiger partial charge is 0.455 e. The maximum Gasteiger partial charge on any atom is 0.238 e. The van der Waals surface area contributed by atoms with E-state index >= 15 is 0 Å². The number of primary sulfonamides is 1. The van der Waals surface area contributed by atoms with E-state index in [0.29, 0.717) is 16.5 Å². The molecule has 20 heavy (non-hydrogen) atoms. The fraction of sp³-hybridized carbons (Fsp3) is 0.0769. The molecule has 0 amide bonds. The molecule has 0 bridgehead atoms. The minimum atomic E-state index is -3.81. The first-order valence-corrected chi connectivity index (χ1v) is 7.56. The summed E-state index contributed by atoms with van der Waals surface area (Å²) in [6, 6.07) is 9.13. The quantitative estimate of drug-likeness (QED) is 0.852. The molecule has 2 rings (SSSR count). The average Bonchev–Trinajstić information content (AvgIpc) is 2.33. The van der Waals surface area contributed by atoms with Crippen molar-refractivity contribution in [2.24, 2.45) is 5.14 Å². The highest BCUT2D eigenvalue weighted by molar-refractivity contribution is 7.89. The van der Waals surface area contributed by atoms with Crippen molar-refractivity contribution in [2.45, 2.75) is 11.8 Å². The minimum absolute atomic E-state index is 0.0617. The van der Waals surface area contributed by atoms with Gasteiger partial charge in [-0.1, -0.05) is 11.6 Å². The van der Waals surface area contributed by atoms with Gasteiger partial charge in [-0.3, -0.25) is 0 Å². The summed E-state index contributed by atoms with van der Waals surface area (Å²) in [5.74, 6) is 0.759. The molecular formula is C13H13ClN2O3S. The van der Waals surface area contributed by atoms with Gasteiger partial charge in [0.05, 0.1) is 10.6 Å². The first-order valence-electron chi connectivity index (χ1n) is 5.64. The summed E-state index contributed by atoms with van der Waals surface area (Å²) in [5, 5.41) is 5.66. The summed E-state index contributed by atoms with van der Waals surface area (Å²) in [7, 11) is -3.81. The van der Waals surface area contributed by atoms with E-state index < -0.39 is 10.0 Å². The fourth-order valence-corrected chi connectivity index (χ4v) is 2.38. The highest BCUT2D eigenvalue weighted by Gasteiger charge is 2.12. The van der Waals surface area contributed by atoms with Gasteiger partial charge in [-0.2, -0.15) is 0 Å². The number of hydrogen-bond donors (Lipinski definition) is 2. The van der Waals surface area contributed by atoms with Gasteiger partial charge < -0.3 is 10.5 Å². The van der Waals surface area contributed by atoms with Crippen LogP contribution in [-0.4, -0.2) is 8.42 Å². The summed E-state index contributed by atoms with van der Waals surface area (Å²) in [6.07, 6.45) is 0. The summed E-state index contributed by atoms with van der Waals surface area (Å²) in [6.45, 7) is 1.82. The van der Waals surface area contributed by atoms with Crippen LogP contribution in [0.25, 0.3) is 0 Å². The van der Waals surface area contributed by atoms with Gasteiger partial charge in [-0.05, 0) is 42.8 Å². The normalized spacial score (nSPS) is 11.3. The van der Waals surface area contributed by atoms with Gasteiger partial charge in [0.15, 0.2) is 5.75 Å². The Kier molecular flexibility index (Phi) is 3.89. The van der Waals surface area contributed by atoms with Crippen LogP contribution in [-0.2, 0) is 10.0 Å². The SMILES string of the molecule is Cc1cc(Cl)ccc1Oc1cc(S(N)(=O)=O)ccc1N. The lowest BCUT2D eigenvalue weighted by Gasteiger charge is -2.12. The zero-order chi connectivity index (χ0) is 14.9. The molecule has 0 aliphatic carbocycles. The molecular weight excluding hydrogens is 300 g/mol. The van der Waals surface area contributed by atoms with Gasteiger partial charge in [0.25, 0.3) is 0 Å². The molecule has 0 radical (unpaired) electrons. The van der Waals surface area contributed by atoms with Crippen molar-refractivity contribution >= 4 is 27.3 Å². The lowest BCUT2D eigenvalue weighted by Crippen LogP contribution is -2.12. The van der Waals surface area contributed by atoms with Crippen LogP contribution < -0.4 is 15.6 Å². The van der Waals surface area contributed by atoms with Crippen LogP contribution in [0.5, 0.6) is 11.5 Å². The second kappa shape index (κ2) is 5.32. The molecule has 0 aliphatic heterocycles. The standard InChI is InChI=1S/C13H13ClN2O3S/c1-8-6-9(14)2-5-12(8)19-13-7-10(20(16,17)18)3-4-11(13)15/h2-7H,15H2,1H3,(H2,16,17,18). The molecule has 7 heteroatoms. The Morgan fingerprint density at radius 1 is 1.10 bits per heavy atom. The zero-order valence-electron chi connectivity index (χ0n) is 10.6. The number of halogens is 1. The van der Waals surface area contributed by atoms with Gasteiger partial charge >= 0.3 is 0 Å². The third kappa shape index (κ3) is 3.22. The van der Waals surface area contributed by atoms with Crippen molar-refractivity contribution in [3.05, 3.63) is 47.0 Å².